The van der Waals surface area contributed by atoms with Crippen LogP contribution in [0.3, 0.4) is 0 Å². The number of nitrogens with one attached hydrogen (secondary N) is 2. The Balaban J connectivity index is 2.78. The summed E-state index contributed by atoms with van der Waals surface area (Å²) in [6.45, 7) is 8.76. The Morgan fingerprint density at radius 2 is 1.16 bits per heavy atom. The minimum absolute atomic E-state index is 0.187. The summed E-state index contributed by atoms with van der Waals surface area (Å²) in [5, 5.41) is 37.6. The monoisotopic (exact) mass is 699 g/mol. The Morgan fingerprint density at radius 3 is 1.61 bits per heavy atom. The molecule has 0 aromatic heterocycles. The summed E-state index contributed by atoms with van der Waals surface area (Å²) in [6, 6.07) is -2.25. The highest BCUT2D eigenvalue weighted by Crippen LogP contribution is 2.25. The van der Waals surface area contributed by atoms with Gasteiger partial charge in [0, 0.05) is 13.1 Å². The molecule has 1 aliphatic rings. The second kappa shape index (κ2) is 29.2. The van der Waals surface area contributed by atoms with Crippen molar-refractivity contribution in [1.29, 1.82) is 0 Å². The third-order valence-electron chi connectivity index (χ3n) is 9.90. The van der Waals surface area contributed by atoms with Crippen LogP contribution in [0.4, 0.5) is 4.79 Å². The molecule has 0 unspecified atom stereocenters. The van der Waals surface area contributed by atoms with Crippen molar-refractivity contribution in [2.45, 2.75) is 212 Å². The number of amides is 3. The number of hydrogen-bond donors (Lipinski definition) is 6. The van der Waals surface area contributed by atoms with Gasteiger partial charge in [-0.15, -0.1) is 0 Å². The first-order valence-corrected chi connectivity index (χ1v) is 20.4. The number of nitrogens with two attached hydrogens (primary N) is 1. The molecule has 1 heterocycles. The van der Waals surface area contributed by atoms with E-state index in [0.29, 0.717) is 19.5 Å². The topological polar surface area (TPSA) is 157 Å². The van der Waals surface area contributed by atoms with Crippen LogP contribution in [-0.4, -0.2) is 88.5 Å². The van der Waals surface area contributed by atoms with Gasteiger partial charge < -0.3 is 36.4 Å². The summed E-state index contributed by atoms with van der Waals surface area (Å²) in [7, 11) is 0. The maximum atomic E-state index is 13.7. The standard InChI is InChI=1S/C39H78N4O6/c1-5-7-9-11-13-15-17-18-19-21-23-25-27-41-39(48)43(28-26-24-22-20-16-14-12-10-8-6-2)38-34(36(46)35(45)33(30-44)49-38)42-37(47)32(40)29-31(3)4/h31-36,38,44-46H,5-30,40H2,1-4H3,(H,41,48)(H,42,47)/t32-,33+,34+,35+,36+,38+/m0/s1. The highest BCUT2D eigenvalue weighted by molar-refractivity contribution is 5.82. The van der Waals surface area contributed by atoms with Crippen LogP contribution >= 0.6 is 0 Å². The maximum Gasteiger partial charge on any atom is 0.319 e. The van der Waals surface area contributed by atoms with Crippen LogP contribution in [0.15, 0.2) is 0 Å². The second-order valence-electron chi connectivity index (χ2n) is 15.0. The van der Waals surface area contributed by atoms with Gasteiger partial charge in [0.25, 0.3) is 0 Å². The first-order chi connectivity index (χ1) is 23.7. The molecule has 0 aliphatic carbocycles. The SMILES string of the molecule is CCCCCCCCCCCCCCNC(=O)N(CCCCCCCCCCCC)[C@@H]1O[C@H](CO)[C@@H](O)[C@H](O)[C@H]1NC(=O)[C@@H](N)CC(C)C. The van der Waals surface area contributed by atoms with Gasteiger partial charge in [0.05, 0.1) is 12.6 Å². The smallest absolute Gasteiger partial charge is 0.319 e. The third-order valence-corrected chi connectivity index (χ3v) is 9.90. The fourth-order valence-corrected chi connectivity index (χ4v) is 6.78. The van der Waals surface area contributed by atoms with Crippen molar-refractivity contribution in [3.8, 4) is 0 Å². The molecule has 290 valence electrons. The Labute approximate surface area is 300 Å². The predicted molar refractivity (Wildman–Crippen MR) is 200 cm³/mol. The van der Waals surface area contributed by atoms with E-state index in [-0.39, 0.29) is 11.9 Å². The number of aliphatic hydroxyl groups excluding tert-OH is 3. The molecule has 0 radical (unpaired) electrons. The van der Waals surface area contributed by atoms with Crippen LogP contribution in [0, 0.1) is 5.92 Å². The number of aliphatic hydroxyl groups is 3. The molecule has 10 nitrogen and oxygen atoms in total. The first kappa shape index (κ1) is 45.6. The highest BCUT2D eigenvalue weighted by Gasteiger charge is 2.48. The van der Waals surface area contributed by atoms with E-state index in [0.717, 1.165) is 44.9 Å². The fraction of sp³-hybridized carbons (Fsp3) is 0.949. The Hall–Kier alpha value is -1.46. The van der Waals surface area contributed by atoms with Crippen molar-refractivity contribution < 1.29 is 29.6 Å². The minimum atomic E-state index is -1.45. The molecular weight excluding hydrogens is 620 g/mol. The molecular formula is C39H78N4O6. The summed E-state index contributed by atoms with van der Waals surface area (Å²) in [5.74, 6) is -0.288. The summed E-state index contributed by atoms with van der Waals surface area (Å²) in [4.78, 5) is 28.3. The lowest BCUT2D eigenvalue weighted by Gasteiger charge is -2.47. The van der Waals surface area contributed by atoms with Gasteiger partial charge in [0.1, 0.15) is 24.4 Å². The van der Waals surface area contributed by atoms with Crippen LogP contribution in [0.1, 0.15) is 175 Å². The summed E-state index contributed by atoms with van der Waals surface area (Å²) in [5.41, 5.74) is 6.15. The number of nitrogens with zero attached hydrogens (tertiary/aromatic N) is 1. The van der Waals surface area contributed by atoms with Crippen LogP contribution < -0.4 is 16.4 Å². The van der Waals surface area contributed by atoms with Crippen molar-refractivity contribution >= 4 is 11.9 Å². The van der Waals surface area contributed by atoms with Crippen molar-refractivity contribution in [3.63, 3.8) is 0 Å². The number of unbranched alkanes of at least 4 members (excludes halogenated alkanes) is 20. The molecule has 1 saturated heterocycles. The van der Waals surface area contributed by atoms with Crippen LogP contribution in [0.5, 0.6) is 0 Å². The molecule has 0 aromatic rings. The van der Waals surface area contributed by atoms with Gasteiger partial charge in [-0.1, -0.05) is 156 Å². The Kier molecular flexibility index (Phi) is 27.1. The Bertz CT molecular complexity index is 818. The normalized spacial score (nSPS) is 21.5. The van der Waals surface area contributed by atoms with Crippen molar-refractivity contribution in [2.24, 2.45) is 11.7 Å². The van der Waals surface area contributed by atoms with E-state index in [9.17, 15) is 24.9 Å². The lowest BCUT2D eigenvalue weighted by Crippen LogP contribution is -2.70. The highest BCUT2D eigenvalue weighted by atomic mass is 16.5. The van der Waals surface area contributed by atoms with Crippen molar-refractivity contribution in [1.82, 2.24) is 15.5 Å². The van der Waals surface area contributed by atoms with Gasteiger partial charge in [-0.3, -0.25) is 9.69 Å². The zero-order valence-electron chi connectivity index (χ0n) is 32.0. The maximum absolute atomic E-state index is 13.7. The fourth-order valence-electron chi connectivity index (χ4n) is 6.78. The summed E-state index contributed by atoms with van der Waals surface area (Å²) in [6.07, 6.45) is 21.7. The molecule has 10 heteroatoms. The van der Waals surface area contributed by atoms with Gasteiger partial charge in [-0.25, -0.2) is 4.79 Å². The average molecular weight is 699 g/mol. The second-order valence-corrected chi connectivity index (χ2v) is 15.0. The zero-order chi connectivity index (χ0) is 36.3. The van der Waals surface area contributed by atoms with Gasteiger partial charge in [0.15, 0.2) is 6.23 Å². The van der Waals surface area contributed by atoms with E-state index < -0.39 is 49.1 Å². The van der Waals surface area contributed by atoms with Gasteiger partial charge in [-0.2, -0.15) is 0 Å². The van der Waals surface area contributed by atoms with Crippen LogP contribution in [0.2, 0.25) is 0 Å². The van der Waals surface area contributed by atoms with E-state index in [1.54, 1.807) is 0 Å². The number of urea groups is 1. The zero-order valence-corrected chi connectivity index (χ0v) is 32.0. The van der Waals surface area contributed by atoms with E-state index in [2.05, 4.69) is 24.5 Å². The van der Waals surface area contributed by atoms with E-state index in [1.165, 1.54) is 101 Å². The number of carbonyl (C=O) groups is 2. The molecule has 3 amide bonds. The molecule has 0 aromatic carbocycles. The number of hydrogen-bond acceptors (Lipinski definition) is 7. The number of carbonyl (C=O) groups excluding carboxylic acids is 2. The van der Waals surface area contributed by atoms with E-state index in [4.69, 9.17) is 10.5 Å². The molecule has 0 bridgehead atoms. The minimum Gasteiger partial charge on any atom is -0.394 e. The molecule has 0 saturated carbocycles. The first-order valence-electron chi connectivity index (χ1n) is 20.4. The molecule has 1 aliphatic heterocycles. The average Bonchev–Trinajstić information content (AvgIpc) is 3.07. The summed E-state index contributed by atoms with van der Waals surface area (Å²) < 4.78 is 6.09. The van der Waals surface area contributed by atoms with E-state index in [1.807, 2.05) is 13.8 Å². The quantitative estimate of drug-likeness (QED) is 0.0445. The largest absolute Gasteiger partial charge is 0.394 e. The van der Waals surface area contributed by atoms with Crippen LogP contribution in [0.25, 0.3) is 0 Å². The van der Waals surface area contributed by atoms with Crippen molar-refractivity contribution in [3.05, 3.63) is 0 Å². The molecule has 7 N–H and O–H groups in total. The summed E-state index contributed by atoms with van der Waals surface area (Å²) >= 11 is 0. The molecule has 1 fully saturated rings. The number of ether oxygens (including phenoxy) is 1. The molecule has 6 atom stereocenters. The van der Waals surface area contributed by atoms with Gasteiger partial charge in [-0.05, 0) is 25.2 Å². The van der Waals surface area contributed by atoms with Crippen LogP contribution in [-0.2, 0) is 9.53 Å². The van der Waals surface area contributed by atoms with Gasteiger partial charge >= 0.3 is 6.03 Å². The molecule has 0 spiro atoms. The van der Waals surface area contributed by atoms with Gasteiger partial charge in [0.2, 0.25) is 5.91 Å². The lowest BCUT2D eigenvalue weighted by atomic mass is 9.94. The van der Waals surface area contributed by atoms with E-state index >= 15 is 0 Å². The number of rotatable bonds is 30. The predicted octanol–water partition coefficient (Wildman–Crippen LogP) is 6.92. The van der Waals surface area contributed by atoms with Crippen molar-refractivity contribution in [2.75, 3.05) is 19.7 Å². The lowest BCUT2D eigenvalue weighted by molar-refractivity contribution is -0.224. The third kappa shape index (κ3) is 20.2. The molecule has 1 rings (SSSR count). The molecule has 49 heavy (non-hydrogen) atoms. The Morgan fingerprint density at radius 1 is 0.714 bits per heavy atom.